The van der Waals surface area contributed by atoms with Gasteiger partial charge in [0.1, 0.15) is 0 Å². The van der Waals surface area contributed by atoms with Crippen molar-refractivity contribution in [3.63, 3.8) is 0 Å². The number of benzene rings is 2. The Labute approximate surface area is 233 Å². The number of fused-ring (bicyclic) bond motifs is 3. The van der Waals surface area contributed by atoms with Crippen LogP contribution in [0.4, 0.5) is 0 Å². The van der Waals surface area contributed by atoms with Crippen LogP contribution < -0.4 is 0 Å². The molecule has 1 aliphatic carbocycles. The van der Waals surface area contributed by atoms with Crippen LogP contribution in [0.1, 0.15) is 41.7 Å². The molecular formula is C33H29IrN3-2. The molecule has 5 aromatic rings. The number of hydrogen-bond donors (Lipinski definition) is 0. The molecule has 0 saturated heterocycles. The standard InChI is InChI=1S/C19H15N2.C14H14N.Ir/c1-19(2)15-8-4-3-7-13(15)14-11-18(21-12-16(14)19)17-9-5-6-10-20-17;1-10-4-6-13(7-5-10)14-8-11(2)12(3)9-15-14;/h3-8,10-12H,1-2H3;4-6,8-9H,1-3H3;/q2*-1;. The average Bonchev–Trinajstić information content (AvgIpc) is 3.13. The first kappa shape index (κ1) is 26.6. The average molecular weight is 660 g/mol. The van der Waals surface area contributed by atoms with E-state index in [1.807, 2.05) is 30.6 Å². The van der Waals surface area contributed by atoms with Crippen LogP contribution in [0.25, 0.3) is 33.8 Å². The molecule has 3 aromatic heterocycles. The second kappa shape index (κ2) is 10.9. The van der Waals surface area contributed by atoms with E-state index in [2.05, 4.69) is 110 Å². The Morgan fingerprint density at radius 3 is 2.19 bits per heavy atom. The molecule has 0 bridgehead atoms. The second-order valence-corrected chi connectivity index (χ2v) is 9.85. The Bertz CT molecular complexity index is 1520. The Balaban J connectivity index is 0.000000178. The summed E-state index contributed by atoms with van der Waals surface area (Å²) in [6, 6.07) is 29.1. The van der Waals surface area contributed by atoms with Crippen LogP contribution in [-0.4, -0.2) is 15.0 Å². The van der Waals surface area contributed by atoms with Crippen molar-refractivity contribution in [3.8, 4) is 33.8 Å². The van der Waals surface area contributed by atoms with Gasteiger partial charge in [0, 0.05) is 37.9 Å². The quantitative estimate of drug-likeness (QED) is 0.182. The van der Waals surface area contributed by atoms with Gasteiger partial charge in [0.2, 0.25) is 0 Å². The number of rotatable bonds is 2. The van der Waals surface area contributed by atoms with Crippen LogP contribution in [-0.2, 0) is 25.5 Å². The summed E-state index contributed by atoms with van der Waals surface area (Å²) in [6.45, 7) is 10.8. The topological polar surface area (TPSA) is 38.7 Å². The molecule has 0 spiro atoms. The Morgan fingerprint density at radius 1 is 0.703 bits per heavy atom. The van der Waals surface area contributed by atoms with Crippen molar-refractivity contribution in [2.45, 2.75) is 40.0 Å². The van der Waals surface area contributed by atoms with E-state index < -0.39 is 0 Å². The summed E-state index contributed by atoms with van der Waals surface area (Å²) in [5, 5.41) is 0. The summed E-state index contributed by atoms with van der Waals surface area (Å²) >= 11 is 0. The smallest absolute Gasteiger partial charge is 0.0192 e. The largest absolute Gasteiger partial charge is 0.318 e. The number of pyridine rings is 3. The van der Waals surface area contributed by atoms with Crippen molar-refractivity contribution in [3.05, 3.63) is 125 Å². The zero-order chi connectivity index (χ0) is 25.3. The molecule has 0 saturated carbocycles. The van der Waals surface area contributed by atoms with Gasteiger partial charge in [-0.15, -0.1) is 41.5 Å². The summed E-state index contributed by atoms with van der Waals surface area (Å²) in [6.07, 6.45) is 5.68. The molecule has 0 unspecified atom stereocenters. The molecule has 37 heavy (non-hydrogen) atoms. The molecule has 0 N–H and O–H groups in total. The van der Waals surface area contributed by atoms with Gasteiger partial charge in [-0.2, -0.15) is 12.1 Å². The SMILES string of the molecule is CC1(C)c2ccccc2-c2cc(-c3[c-]cccn3)ncc21.Cc1c[c-]c(-c2cc(C)c(C)cn2)cc1.[Ir]. The Morgan fingerprint density at radius 2 is 1.49 bits per heavy atom. The molecule has 187 valence electrons. The van der Waals surface area contributed by atoms with Crippen LogP contribution in [0.15, 0.2) is 85.3 Å². The molecule has 3 nitrogen and oxygen atoms in total. The molecule has 0 amide bonds. The fraction of sp³-hybridized carbons (Fsp3) is 0.182. The van der Waals surface area contributed by atoms with E-state index in [0.717, 1.165) is 22.6 Å². The summed E-state index contributed by atoms with van der Waals surface area (Å²) < 4.78 is 0. The van der Waals surface area contributed by atoms with E-state index >= 15 is 0 Å². The minimum atomic E-state index is 0. The second-order valence-electron chi connectivity index (χ2n) is 9.85. The van der Waals surface area contributed by atoms with Crippen LogP contribution in [0.2, 0.25) is 0 Å². The predicted molar refractivity (Wildman–Crippen MR) is 147 cm³/mol. The van der Waals surface area contributed by atoms with E-state index in [9.17, 15) is 0 Å². The molecule has 2 aromatic carbocycles. The third-order valence-electron chi connectivity index (χ3n) is 6.93. The van der Waals surface area contributed by atoms with Gasteiger partial charge in [0.25, 0.3) is 0 Å². The Kier molecular flexibility index (Phi) is 7.82. The van der Waals surface area contributed by atoms with Gasteiger partial charge >= 0.3 is 0 Å². The van der Waals surface area contributed by atoms with Crippen LogP contribution >= 0.6 is 0 Å². The van der Waals surface area contributed by atoms with E-state index in [4.69, 9.17) is 0 Å². The normalized spacial score (nSPS) is 12.5. The number of aryl methyl sites for hydroxylation is 3. The fourth-order valence-electron chi connectivity index (χ4n) is 4.61. The molecule has 4 heteroatoms. The van der Waals surface area contributed by atoms with Gasteiger partial charge in [-0.1, -0.05) is 62.7 Å². The molecule has 1 aliphatic rings. The molecule has 3 heterocycles. The molecular weight excluding hydrogens is 631 g/mol. The van der Waals surface area contributed by atoms with Crippen molar-refractivity contribution >= 4 is 0 Å². The summed E-state index contributed by atoms with van der Waals surface area (Å²) in [5.74, 6) is 0. The van der Waals surface area contributed by atoms with E-state index in [-0.39, 0.29) is 25.5 Å². The van der Waals surface area contributed by atoms with E-state index in [1.165, 1.54) is 38.9 Å². The van der Waals surface area contributed by atoms with Gasteiger partial charge in [0.05, 0.1) is 0 Å². The van der Waals surface area contributed by atoms with Gasteiger partial charge in [-0.25, -0.2) is 0 Å². The molecule has 0 atom stereocenters. The fourth-order valence-corrected chi connectivity index (χ4v) is 4.61. The minimum Gasteiger partial charge on any atom is -0.318 e. The summed E-state index contributed by atoms with van der Waals surface area (Å²) in [4.78, 5) is 13.4. The van der Waals surface area contributed by atoms with Gasteiger partial charge in [-0.05, 0) is 64.9 Å². The number of hydrogen-bond acceptors (Lipinski definition) is 3. The van der Waals surface area contributed by atoms with Gasteiger partial charge in [-0.3, -0.25) is 4.98 Å². The molecule has 0 fully saturated rings. The van der Waals surface area contributed by atoms with Crippen LogP contribution in [0, 0.1) is 32.9 Å². The van der Waals surface area contributed by atoms with Crippen molar-refractivity contribution in [1.29, 1.82) is 0 Å². The molecule has 6 rings (SSSR count). The van der Waals surface area contributed by atoms with Crippen molar-refractivity contribution in [2.75, 3.05) is 0 Å². The van der Waals surface area contributed by atoms with Crippen molar-refractivity contribution < 1.29 is 20.1 Å². The Hall–Kier alpha value is -3.46. The first-order valence-electron chi connectivity index (χ1n) is 12.2. The van der Waals surface area contributed by atoms with E-state index in [0.29, 0.717) is 0 Å². The maximum atomic E-state index is 4.61. The van der Waals surface area contributed by atoms with E-state index in [1.54, 1.807) is 6.20 Å². The zero-order valence-corrected chi connectivity index (χ0v) is 24.2. The molecule has 0 aliphatic heterocycles. The predicted octanol–water partition coefficient (Wildman–Crippen LogP) is 7.72. The monoisotopic (exact) mass is 660 g/mol. The van der Waals surface area contributed by atoms with Crippen molar-refractivity contribution in [2.24, 2.45) is 0 Å². The number of aromatic nitrogens is 3. The summed E-state index contributed by atoms with van der Waals surface area (Å²) in [7, 11) is 0. The number of nitrogens with zero attached hydrogens (tertiary/aromatic N) is 3. The van der Waals surface area contributed by atoms with Crippen molar-refractivity contribution in [1.82, 2.24) is 15.0 Å². The first-order valence-corrected chi connectivity index (χ1v) is 12.2. The first-order chi connectivity index (χ1) is 17.3. The maximum absolute atomic E-state index is 4.61. The van der Waals surface area contributed by atoms with Crippen LogP contribution in [0.3, 0.4) is 0 Å². The van der Waals surface area contributed by atoms with Crippen LogP contribution in [0.5, 0.6) is 0 Å². The third-order valence-corrected chi connectivity index (χ3v) is 6.93. The maximum Gasteiger partial charge on any atom is 0.0192 e. The summed E-state index contributed by atoms with van der Waals surface area (Å²) in [5.41, 5.74) is 12.7. The van der Waals surface area contributed by atoms with Gasteiger partial charge < -0.3 is 9.97 Å². The molecule has 1 radical (unpaired) electrons. The minimum absolute atomic E-state index is 0. The zero-order valence-electron chi connectivity index (χ0n) is 21.8. The third kappa shape index (κ3) is 5.32. The van der Waals surface area contributed by atoms with Gasteiger partial charge in [0.15, 0.2) is 0 Å².